The summed E-state index contributed by atoms with van der Waals surface area (Å²) in [7, 11) is 0. The van der Waals surface area contributed by atoms with Gasteiger partial charge in [-0.05, 0) is 17.5 Å². The van der Waals surface area contributed by atoms with E-state index in [1.807, 2.05) is 24.3 Å². The number of halogens is 1. The molecule has 0 aliphatic carbocycles. The first kappa shape index (κ1) is 22.7. The molecule has 0 atom stereocenters. The Balaban J connectivity index is 1.63. The van der Waals surface area contributed by atoms with Gasteiger partial charge in [0.05, 0.1) is 19.8 Å². The molecule has 7 nitrogen and oxygen atoms in total. The molecule has 1 fully saturated rings. The standard InChI is InChI=1S/C22H31ClN4O3/c1-17(2)13-24-22(28)20-16-30-21(25-20)15-27(8-7-26-9-11-29-12-10-26)14-18-5-3-4-6-19(18)23/h3-6,16-17H,7-15H2,1-2H3,(H,24,28). The zero-order valence-corrected chi connectivity index (χ0v) is 18.5. The van der Waals surface area contributed by atoms with E-state index in [4.69, 9.17) is 20.8 Å². The van der Waals surface area contributed by atoms with Crippen LogP contribution in [0, 0.1) is 5.92 Å². The molecular weight excluding hydrogens is 404 g/mol. The number of nitrogens with zero attached hydrogens (tertiary/aromatic N) is 3. The van der Waals surface area contributed by atoms with Crippen LogP contribution in [0.2, 0.25) is 5.02 Å². The second-order valence-corrected chi connectivity index (χ2v) is 8.39. The number of amides is 1. The number of benzene rings is 1. The lowest BCUT2D eigenvalue weighted by atomic mass is 10.2. The van der Waals surface area contributed by atoms with Crippen molar-refractivity contribution in [2.24, 2.45) is 5.92 Å². The molecule has 164 valence electrons. The highest BCUT2D eigenvalue weighted by Crippen LogP contribution is 2.18. The predicted molar refractivity (Wildman–Crippen MR) is 116 cm³/mol. The Labute approximate surface area is 183 Å². The summed E-state index contributed by atoms with van der Waals surface area (Å²) in [6, 6.07) is 7.85. The third kappa shape index (κ3) is 7.09. The fourth-order valence-electron chi connectivity index (χ4n) is 3.26. The van der Waals surface area contributed by atoms with Crippen molar-refractivity contribution in [2.75, 3.05) is 45.9 Å². The maximum absolute atomic E-state index is 12.2. The molecule has 1 aliphatic heterocycles. The van der Waals surface area contributed by atoms with Gasteiger partial charge in [0.25, 0.3) is 5.91 Å². The van der Waals surface area contributed by atoms with Gasteiger partial charge in [-0.2, -0.15) is 0 Å². The zero-order valence-electron chi connectivity index (χ0n) is 17.8. The summed E-state index contributed by atoms with van der Waals surface area (Å²) in [5.41, 5.74) is 1.37. The minimum absolute atomic E-state index is 0.204. The quantitative estimate of drug-likeness (QED) is 0.619. The van der Waals surface area contributed by atoms with Gasteiger partial charge in [0.15, 0.2) is 5.69 Å². The van der Waals surface area contributed by atoms with Crippen molar-refractivity contribution in [2.45, 2.75) is 26.9 Å². The lowest BCUT2D eigenvalue weighted by molar-refractivity contribution is 0.0320. The Bertz CT molecular complexity index is 805. The van der Waals surface area contributed by atoms with Gasteiger partial charge in [-0.1, -0.05) is 43.6 Å². The monoisotopic (exact) mass is 434 g/mol. The number of rotatable bonds is 10. The van der Waals surface area contributed by atoms with Gasteiger partial charge >= 0.3 is 0 Å². The van der Waals surface area contributed by atoms with Crippen molar-refractivity contribution in [3.8, 4) is 0 Å². The summed E-state index contributed by atoms with van der Waals surface area (Å²) < 4.78 is 11.0. The SMILES string of the molecule is CC(C)CNC(=O)c1coc(CN(CCN2CCOCC2)Cc2ccccc2Cl)n1. The van der Waals surface area contributed by atoms with Crippen LogP contribution in [0.5, 0.6) is 0 Å². The second-order valence-electron chi connectivity index (χ2n) is 7.99. The smallest absolute Gasteiger partial charge is 0.273 e. The Morgan fingerprint density at radius 1 is 1.27 bits per heavy atom. The minimum Gasteiger partial charge on any atom is -0.447 e. The van der Waals surface area contributed by atoms with Crippen LogP contribution in [0.15, 0.2) is 34.9 Å². The number of nitrogens with one attached hydrogen (secondary N) is 1. The summed E-state index contributed by atoms with van der Waals surface area (Å²) >= 11 is 6.38. The Morgan fingerprint density at radius 3 is 2.77 bits per heavy atom. The van der Waals surface area contributed by atoms with Crippen LogP contribution < -0.4 is 5.32 Å². The molecule has 0 saturated carbocycles. The Kier molecular flexibility index (Phi) is 8.69. The molecule has 1 aliphatic rings. The highest BCUT2D eigenvalue weighted by Gasteiger charge is 2.18. The lowest BCUT2D eigenvalue weighted by Crippen LogP contribution is -2.41. The van der Waals surface area contributed by atoms with E-state index in [0.29, 0.717) is 37.1 Å². The number of morpholine rings is 1. The highest BCUT2D eigenvalue weighted by molar-refractivity contribution is 6.31. The van der Waals surface area contributed by atoms with Crippen molar-refractivity contribution in [1.29, 1.82) is 0 Å². The molecule has 0 radical (unpaired) electrons. The van der Waals surface area contributed by atoms with Gasteiger partial charge in [-0.15, -0.1) is 0 Å². The number of ether oxygens (including phenoxy) is 1. The first-order valence-electron chi connectivity index (χ1n) is 10.5. The number of oxazole rings is 1. The summed E-state index contributed by atoms with van der Waals surface area (Å²) in [5.74, 6) is 0.704. The van der Waals surface area contributed by atoms with Crippen LogP contribution in [0.3, 0.4) is 0 Å². The molecule has 1 aromatic carbocycles. The van der Waals surface area contributed by atoms with Crippen LogP contribution in [-0.2, 0) is 17.8 Å². The fraction of sp³-hybridized carbons (Fsp3) is 0.545. The van der Waals surface area contributed by atoms with Gasteiger partial charge in [0.2, 0.25) is 5.89 Å². The molecule has 2 aromatic rings. The van der Waals surface area contributed by atoms with E-state index in [0.717, 1.165) is 50.0 Å². The first-order valence-corrected chi connectivity index (χ1v) is 10.9. The average Bonchev–Trinajstić information content (AvgIpc) is 3.21. The van der Waals surface area contributed by atoms with Crippen LogP contribution in [0.25, 0.3) is 0 Å². The first-order chi connectivity index (χ1) is 14.5. The third-order valence-electron chi connectivity index (χ3n) is 5.00. The van der Waals surface area contributed by atoms with Crippen LogP contribution >= 0.6 is 11.6 Å². The largest absolute Gasteiger partial charge is 0.447 e. The number of carbonyl (C=O) groups excluding carboxylic acids is 1. The number of hydrogen-bond donors (Lipinski definition) is 1. The van der Waals surface area contributed by atoms with Crippen LogP contribution in [0.1, 0.15) is 35.8 Å². The van der Waals surface area contributed by atoms with Gasteiger partial charge in [0, 0.05) is 44.3 Å². The van der Waals surface area contributed by atoms with Gasteiger partial charge in [-0.25, -0.2) is 4.98 Å². The third-order valence-corrected chi connectivity index (χ3v) is 5.37. The number of aromatic nitrogens is 1. The molecule has 2 heterocycles. The van der Waals surface area contributed by atoms with E-state index in [2.05, 4.69) is 33.9 Å². The summed E-state index contributed by atoms with van der Waals surface area (Å²) in [6.45, 7) is 11.1. The predicted octanol–water partition coefficient (Wildman–Crippen LogP) is 3.05. The molecule has 1 aromatic heterocycles. The van der Waals surface area contributed by atoms with Crippen LogP contribution in [-0.4, -0.2) is 66.6 Å². The van der Waals surface area contributed by atoms with Gasteiger partial charge in [-0.3, -0.25) is 14.6 Å². The molecular formula is C22H31ClN4O3. The average molecular weight is 435 g/mol. The lowest BCUT2D eigenvalue weighted by Gasteiger charge is -2.29. The van der Waals surface area contributed by atoms with E-state index in [-0.39, 0.29) is 5.91 Å². The van der Waals surface area contributed by atoms with Crippen molar-refractivity contribution in [1.82, 2.24) is 20.1 Å². The maximum atomic E-state index is 12.2. The minimum atomic E-state index is -0.204. The van der Waals surface area contributed by atoms with Crippen molar-refractivity contribution in [3.05, 3.63) is 52.7 Å². The number of carbonyl (C=O) groups is 1. The summed E-state index contributed by atoms with van der Waals surface area (Å²) in [6.07, 6.45) is 1.43. The zero-order chi connectivity index (χ0) is 21.3. The molecule has 1 saturated heterocycles. The molecule has 0 bridgehead atoms. The molecule has 8 heteroatoms. The topological polar surface area (TPSA) is 70.8 Å². The van der Waals surface area contributed by atoms with E-state index in [9.17, 15) is 4.79 Å². The summed E-state index contributed by atoms with van der Waals surface area (Å²) in [5, 5.41) is 3.61. The van der Waals surface area contributed by atoms with Crippen molar-refractivity contribution >= 4 is 17.5 Å². The molecule has 0 unspecified atom stereocenters. The van der Waals surface area contributed by atoms with E-state index in [1.165, 1.54) is 6.26 Å². The van der Waals surface area contributed by atoms with Crippen molar-refractivity contribution in [3.63, 3.8) is 0 Å². The van der Waals surface area contributed by atoms with Gasteiger partial charge in [0.1, 0.15) is 6.26 Å². The van der Waals surface area contributed by atoms with Gasteiger partial charge < -0.3 is 14.5 Å². The normalized spacial score (nSPS) is 15.1. The number of hydrogen-bond acceptors (Lipinski definition) is 6. The molecule has 30 heavy (non-hydrogen) atoms. The highest BCUT2D eigenvalue weighted by atomic mass is 35.5. The molecule has 1 N–H and O–H groups in total. The summed E-state index contributed by atoms with van der Waals surface area (Å²) in [4.78, 5) is 21.3. The van der Waals surface area contributed by atoms with E-state index >= 15 is 0 Å². The Morgan fingerprint density at radius 2 is 2.03 bits per heavy atom. The van der Waals surface area contributed by atoms with E-state index < -0.39 is 0 Å². The molecule has 1 amide bonds. The maximum Gasteiger partial charge on any atom is 0.273 e. The second kappa shape index (κ2) is 11.5. The van der Waals surface area contributed by atoms with E-state index in [1.54, 1.807) is 0 Å². The molecule has 0 spiro atoms. The fourth-order valence-corrected chi connectivity index (χ4v) is 3.45. The van der Waals surface area contributed by atoms with Crippen molar-refractivity contribution < 1.29 is 13.9 Å². The molecule has 3 rings (SSSR count). The van der Waals surface area contributed by atoms with Crippen LogP contribution in [0.4, 0.5) is 0 Å². The Hall–Kier alpha value is -1.93.